The second-order valence-electron chi connectivity index (χ2n) is 4.37. The Labute approximate surface area is 115 Å². The van der Waals surface area contributed by atoms with Gasteiger partial charge in [0.1, 0.15) is 5.75 Å². The Bertz CT molecular complexity index is 449. The lowest BCUT2D eigenvalue weighted by Crippen LogP contribution is -2.33. The largest absolute Gasteiger partial charge is 0.484 e. The van der Waals surface area contributed by atoms with Crippen molar-refractivity contribution >= 4 is 5.91 Å². The van der Waals surface area contributed by atoms with E-state index < -0.39 is 12.8 Å². The van der Waals surface area contributed by atoms with Crippen molar-refractivity contribution in [1.82, 2.24) is 5.32 Å². The maximum atomic E-state index is 12.1. The molecule has 7 heteroatoms. The molecule has 3 N–H and O–H groups in total. The van der Waals surface area contributed by atoms with Crippen molar-refractivity contribution in [3.8, 4) is 5.75 Å². The predicted molar refractivity (Wildman–Crippen MR) is 68.1 cm³/mol. The number of hydrogen-bond donors (Lipinski definition) is 2. The highest BCUT2D eigenvalue weighted by atomic mass is 19.4. The first-order chi connectivity index (χ1) is 9.33. The molecule has 0 heterocycles. The second kappa shape index (κ2) is 7.14. The molecule has 0 aliphatic rings. The van der Waals surface area contributed by atoms with Crippen molar-refractivity contribution in [3.05, 3.63) is 29.8 Å². The van der Waals surface area contributed by atoms with Crippen LogP contribution in [0.15, 0.2) is 24.3 Å². The van der Waals surface area contributed by atoms with Crippen LogP contribution in [0.2, 0.25) is 0 Å². The number of halogens is 3. The van der Waals surface area contributed by atoms with Gasteiger partial charge in [0.15, 0.2) is 6.61 Å². The third-order valence-corrected chi connectivity index (χ3v) is 2.62. The van der Waals surface area contributed by atoms with Gasteiger partial charge in [-0.25, -0.2) is 0 Å². The Balaban J connectivity index is 2.64. The average Bonchev–Trinajstić information content (AvgIpc) is 2.41. The van der Waals surface area contributed by atoms with Gasteiger partial charge in [-0.3, -0.25) is 4.79 Å². The van der Waals surface area contributed by atoms with Crippen molar-refractivity contribution in [2.75, 3.05) is 13.2 Å². The average molecular weight is 290 g/mol. The van der Waals surface area contributed by atoms with Gasteiger partial charge >= 0.3 is 6.18 Å². The quantitative estimate of drug-likeness (QED) is 0.840. The van der Waals surface area contributed by atoms with E-state index in [4.69, 9.17) is 10.5 Å². The number of benzene rings is 1. The van der Waals surface area contributed by atoms with Crippen LogP contribution in [0.4, 0.5) is 13.2 Å². The lowest BCUT2D eigenvalue weighted by molar-refractivity contribution is -0.153. The van der Waals surface area contributed by atoms with Crippen LogP contribution < -0.4 is 15.8 Å². The molecule has 4 nitrogen and oxygen atoms in total. The van der Waals surface area contributed by atoms with E-state index in [9.17, 15) is 18.0 Å². The van der Waals surface area contributed by atoms with E-state index in [0.717, 1.165) is 0 Å². The van der Waals surface area contributed by atoms with Crippen LogP contribution in [0.3, 0.4) is 0 Å². The summed E-state index contributed by atoms with van der Waals surface area (Å²) in [6, 6.07) is 6.26. The zero-order valence-electron chi connectivity index (χ0n) is 11.0. The molecule has 0 aromatic heterocycles. The first-order valence-electron chi connectivity index (χ1n) is 6.08. The zero-order valence-corrected chi connectivity index (χ0v) is 11.0. The van der Waals surface area contributed by atoms with Gasteiger partial charge in [0.25, 0.3) is 0 Å². The molecule has 1 unspecified atom stereocenters. The van der Waals surface area contributed by atoms with Gasteiger partial charge in [-0.1, -0.05) is 25.1 Å². The second-order valence-corrected chi connectivity index (χ2v) is 4.37. The molecule has 1 aromatic carbocycles. The zero-order chi connectivity index (χ0) is 15.2. The van der Waals surface area contributed by atoms with E-state index >= 15 is 0 Å². The van der Waals surface area contributed by atoms with E-state index in [-0.39, 0.29) is 30.7 Å². The van der Waals surface area contributed by atoms with Crippen LogP contribution >= 0.6 is 0 Å². The Morgan fingerprint density at radius 1 is 1.40 bits per heavy atom. The normalized spacial score (nSPS) is 12.8. The summed E-state index contributed by atoms with van der Waals surface area (Å²) < 4.78 is 41.1. The number of hydrogen-bond acceptors (Lipinski definition) is 3. The summed E-state index contributed by atoms with van der Waals surface area (Å²) in [6.07, 6.45) is -4.40. The first kappa shape index (κ1) is 16.3. The minimum Gasteiger partial charge on any atom is -0.484 e. The molecule has 0 fully saturated rings. The molecule has 0 saturated carbocycles. The molecule has 1 rings (SSSR count). The van der Waals surface area contributed by atoms with Crippen LogP contribution in [0, 0.1) is 5.92 Å². The van der Waals surface area contributed by atoms with Gasteiger partial charge in [-0.15, -0.1) is 0 Å². The first-order valence-corrected chi connectivity index (χ1v) is 6.08. The summed E-state index contributed by atoms with van der Waals surface area (Å²) in [5.74, 6) is -0.498. The number of amides is 1. The summed E-state index contributed by atoms with van der Waals surface area (Å²) in [5.41, 5.74) is 5.84. The highest BCUT2D eigenvalue weighted by Gasteiger charge is 2.28. The molecule has 0 aliphatic carbocycles. The van der Waals surface area contributed by atoms with Crippen molar-refractivity contribution < 1.29 is 22.7 Å². The summed E-state index contributed by atoms with van der Waals surface area (Å²) in [7, 11) is 0. The number of para-hydroxylation sites is 1. The van der Waals surface area contributed by atoms with Crippen LogP contribution in [-0.4, -0.2) is 25.2 Å². The Kier molecular flexibility index (Phi) is 5.82. The third kappa shape index (κ3) is 5.48. The van der Waals surface area contributed by atoms with E-state index in [0.29, 0.717) is 5.56 Å². The Morgan fingerprint density at radius 2 is 2.05 bits per heavy atom. The van der Waals surface area contributed by atoms with Gasteiger partial charge in [0.05, 0.1) is 0 Å². The van der Waals surface area contributed by atoms with Crippen molar-refractivity contribution in [1.29, 1.82) is 0 Å². The molecule has 0 aliphatic heterocycles. The standard InChI is InChI=1S/C13H17F3N2O2/c1-9(6-17)12(19)18-7-10-4-2-3-5-11(10)20-8-13(14,15)16/h2-5,9H,6-8,17H2,1H3,(H,18,19). The lowest BCUT2D eigenvalue weighted by Gasteiger charge is -2.14. The molecular formula is C13H17F3N2O2. The van der Waals surface area contributed by atoms with Crippen LogP contribution in [0.25, 0.3) is 0 Å². The van der Waals surface area contributed by atoms with Crippen LogP contribution in [0.1, 0.15) is 12.5 Å². The number of alkyl halides is 3. The van der Waals surface area contributed by atoms with E-state index in [1.807, 2.05) is 0 Å². The van der Waals surface area contributed by atoms with Crippen molar-refractivity contribution in [3.63, 3.8) is 0 Å². The number of rotatable bonds is 6. The number of ether oxygens (including phenoxy) is 1. The maximum Gasteiger partial charge on any atom is 0.422 e. The fraction of sp³-hybridized carbons (Fsp3) is 0.462. The highest BCUT2D eigenvalue weighted by molar-refractivity contribution is 5.78. The number of nitrogens with one attached hydrogen (secondary N) is 1. The molecule has 0 saturated heterocycles. The Hall–Kier alpha value is -1.76. The van der Waals surface area contributed by atoms with Crippen molar-refractivity contribution in [2.24, 2.45) is 11.7 Å². The number of nitrogens with two attached hydrogens (primary N) is 1. The lowest BCUT2D eigenvalue weighted by atomic mass is 10.1. The van der Waals surface area contributed by atoms with Gasteiger partial charge in [-0.05, 0) is 6.07 Å². The smallest absolute Gasteiger partial charge is 0.422 e. The third-order valence-electron chi connectivity index (χ3n) is 2.62. The SMILES string of the molecule is CC(CN)C(=O)NCc1ccccc1OCC(F)(F)F. The molecule has 0 spiro atoms. The van der Waals surface area contributed by atoms with E-state index in [1.54, 1.807) is 25.1 Å². The minimum absolute atomic E-state index is 0.0944. The minimum atomic E-state index is -4.40. The molecule has 1 aromatic rings. The van der Waals surface area contributed by atoms with Gasteiger partial charge in [0, 0.05) is 24.6 Å². The Morgan fingerprint density at radius 3 is 2.65 bits per heavy atom. The summed E-state index contributed by atoms with van der Waals surface area (Å²) in [4.78, 5) is 11.6. The number of carbonyl (C=O) groups is 1. The summed E-state index contributed by atoms with van der Waals surface area (Å²) in [5, 5.41) is 2.61. The molecule has 20 heavy (non-hydrogen) atoms. The number of carbonyl (C=O) groups excluding carboxylic acids is 1. The summed E-state index contributed by atoms with van der Waals surface area (Å²) in [6.45, 7) is 0.605. The van der Waals surface area contributed by atoms with Gasteiger partial charge in [0.2, 0.25) is 5.91 Å². The molecular weight excluding hydrogens is 273 g/mol. The molecule has 0 bridgehead atoms. The maximum absolute atomic E-state index is 12.1. The summed E-state index contributed by atoms with van der Waals surface area (Å²) >= 11 is 0. The van der Waals surface area contributed by atoms with Gasteiger partial charge in [-0.2, -0.15) is 13.2 Å². The van der Waals surface area contributed by atoms with Crippen molar-refractivity contribution in [2.45, 2.75) is 19.6 Å². The molecule has 112 valence electrons. The molecule has 1 amide bonds. The fourth-order valence-corrected chi connectivity index (χ4v) is 1.41. The topological polar surface area (TPSA) is 64.4 Å². The van der Waals surface area contributed by atoms with Gasteiger partial charge < -0.3 is 15.8 Å². The highest BCUT2D eigenvalue weighted by Crippen LogP contribution is 2.22. The van der Waals surface area contributed by atoms with Crippen LogP contribution in [-0.2, 0) is 11.3 Å². The molecule has 0 radical (unpaired) electrons. The molecule has 1 atom stereocenters. The fourth-order valence-electron chi connectivity index (χ4n) is 1.41. The van der Waals surface area contributed by atoms with E-state index in [2.05, 4.69) is 5.32 Å². The predicted octanol–water partition coefficient (Wildman–Crippen LogP) is 1.84. The monoisotopic (exact) mass is 290 g/mol. The van der Waals surface area contributed by atoms with Crippen LogP contribution in [0.5, 0.6) is 5.75 Å². The van der Waals surface area contributed by atoms with E-state index in [1.165, 1.54) is 6.07 Å².